The highest BCUT2D eigenvalue weighted by Gasteiger charge is 2.28. The van der Waals surface area contributed by atoms with Gasteiger partial charge in [-0.25, -0.2) is 0 Å². The Morgan fingerprint density at radius 2 is 2.00 bits per heavy atom. The van der Waals surface area contributed by atoms with Crippen molar-refractivity contribution in [1.29, 1.82) is 0 Å². The zero-order valence-corrected chi connectivity index (χ0v) is 11.2. The maximum absolute atomic E-state index is 11.9. The minimum atomic E-state index is -0.527. The summed E-state index contributed by atoms with van der Waals surface area (Å²) in [6.07, 6.45) is 0. The SMILES string of the molecule is Cc1ccc(C(C)NC(=O)[C@@H](N)C(C)(C)C)o1. The molecule has 0 saturated carbocycles. The molecular weight excluding hydrogens is 216 g/mol. The normalized spacial score (nSPS) is 15.4. The quantitative estimate of drug-likeness (QED) is 0.847. The molecule has 4 heteroatoms. The molecule has 1 heterocycles. The number of carbonyl (C=O) groups excluding carboxylic acids is 1. The number of rotatable bonds is 3. The van der Waals surface area contributed by atoms with E-state index in [2.05, 4.69) is 5.32 Å². The second-order valence-corrected chi connectivity index (χ2v) is 5.52. The molecule has 1 unspecified atom stereocenters. The van der Waals surface area contributed by atoms with Gasteiger partial charge in [0.15, 0.2) is 0 Å². The molecule has 0 aliphatic heterocycles. The van der Waals surface area contributed by atoms with E-state index in [1.54, 1.807) is 0 Å². The first-order chi connectivity index (χ1) is 7.71. The summed E-state index contributed by atoms with van der Waals surface area (Å²) in [6, 6.07) is 3.05. The van der Waals surface area contributed by atoms with Crippen LogP contribution < -0.4 is 11.1 Å². The summed E-state index contributed by atoms with van der Waals surface area (Å²) < 4.78 is 5.46. The molecule has 1 amide bonds. The van der Waals surface area contributed by atoms with Crippen LogP contribution in [0.15, 0.2) is 16.5 Å². The van der Waals surface area contributed by atoms with Crippen molar-refractivity contribution < 1.29 is 9.21 Å². The third kappa shape index (κ3) is 3.60. The highest BCUT2D eigenvalue weighted by Crippen LogP contribution is 2.20. The van der Waals surface area contributed by atoms with Crippen LogP contribution in [0.25, 0.3) is 0 Å². The second kappa shape index (κ2) is 4.92. The van der Waals surface area contributed by atoms with Gasteiger partial charge in [0.2, 0.25) is 5.91 Å². The molecule has 1 rings (SSSR count). The number of carbonyl (C=O) groups is 1. The van der Waals surface area contributed by atoms with Crippen LogP contribution in [-0.4, -0.2) is 11.9 Å². The summed E-state index contributed by atoms with van der Waals surface area (Å²) >= 11 is 0. The van der Waals surface area contributed by atoms with E-state index in [4.69, 9.17) is 10.2 Å². The Kier molecular flexibility index (Phi) is 3.98. The third-order valence-electron chi connectivity index (χ3n) is 2.76. The lowest BCUT2D eigenvalue weighted by atomic mass is 9.87. The highest BCUT2D eigenvalue weighted by molar-refractivity contribution is 5.82. The van der Waals surface area contributed by atoms with Gasteiger partial charge in [0.25, 0.3) is 0 Å². The van der Waals surface area contributed by atoms with Crippen molar-refractivity contribution in [2.75, 3.05) is 0 Å². The molecule has 1 aromatic rings. The summed E-state index contributed by atoms with van der Waals surface area (Å²) in [4.78, 5) is 11.9. The lowest BCUT2D eigenvalue weighted by molar-refractivity contribution is -0.125. The number of nitrogens with two attached hydrogens (primary N) is 1. The summed E-state index contributed by atoms with van der Waals surface area (Å²) in [5.41, 5.74) is 5.64. The third-order valence-corrected chi connectivity index (χ3v) is 2.76. The zero-order chi connectivity index (χ0) is 13.2. The van der Waals surface area contributed by atoms with Crippen molar-refractivity contribution >= 4 is 5.91 Å². The van der Waals surface area contributed by atoms with Crippen LogP contribution in [0, 0.1) is 12.3 Å². The fraction of sp³-hybridized carbons (Fsp3) is 0.615. The number of amides is 1. The van der Waals surface area contributed by atoms with Gasteiger partial charge < -0.3 is 15.5 Å². The molecule has 0 saturated heterocycles. The number of aryl methyl sites for hydroxylation is 1. The van der Waals surface area contributed by atoms with Gasteiger partial charge in [-0.3, -0.25) is 4.79 Å². The van der Waals surface area contributed by atoms with Gasteiger partial charge >= 0.3 is 0 Å². The van der Waals surface area contributed by atoms with Gasteiger partial charge in [-0.15, -0.1) is 0 Å². The summed E-state index contributed by atoms with van der Waals surface area (Å²) in [7, 11) is 0. The van der Waals surface area contributed by atoms with Crippen LogP contribution in [0.1, 0.15) is 45.3 Å². The Labute approximate surface area is 103 Å². The van der Waals surface area contributed by atoms with Crippen LogP contribution in [-0.2, 0) is 4.79 Å². The predicted molar refractivity (Wildman–Crippen MR) is 67.4 cm³/mol. The molecule has 4 nitrogen and oxygen atoms in total. The molecule has 0 aromatic carbocycles. The zero-order valence-electron chi connectivity index (χ0n) is 11.2. The van der Waals surface area contributed by atoms with Gasteiger partial charge in [0.1, 0.15) is 11.5 Å². The van der Waals surface area contributed by atoms with Gasteiger partial charge in [0.05, 0.1) is 12.1 Å². The molecule has 0 aliphatic rings. The lowest BCUT2D eigenvalue weighted by Crippen LogP contribution is -2.49. The van der Waals surface area contributed by atoms with Crippen molar-refractivity contribution in [3.63, 3.8) is 0 Å². The van der Waals surface area contributed by atoms with Gasteiger partial charge in [-0.2, -0.15) is 0 Å². The summed E-state index contributed by atoms with van der Waals surface area (Å²) in [5.74, 6) is 1.43. The molecule has 0 bridgehead atoms. The first-order valence-electron chi connectivity index (χ1n) is 5.84. The average Bonchev–Trinajstić information content (AvgIpc) is 2.62. The Morgan fingerprint density at radius 3 is 2.41 bits per heavy atom. The largest absolute Gasteiger partial charge is 0.464 e. The Hall–Kier alpha value is -1.29. The maximum atomic E-state index is 11.9. The molecule has 3 N–H and O–H groups in total. The average molecular weight is 238 g/mol. The van der Waals surface area contributed by atoms with Crippen LogP contribution >= 0.6 is 0 Å². The molecule has 17 heavy (non-hydrogen) atoms. The minimum absolute atomic E-state index is 0.154. The van der Waals surface area contributed by atoms with Crippen molar-refractivity contribution in [3.05, 3.63) is 23.7 Å². The fourth-order valence-corrected chi connectivity index (χ4v) is 1.45. The first-order valence-corrected chi connectivity index (χ1v) is 5.84. The number of furan rings is 1. The monoisotopic (exact) mass is 238 g/mol. The smallest absolute Gasteiger partial charge is 0.238 e. The van der Waals surface area contributed by atoms with Crippen molar-refractivity contribution in [1.82, 2.24) is 5.32 Å². The van der Waals surface area contributed by atoms with E-state index in [9.17, 15) is 4.79 Å². The van der Waals surface area contributed by atoms with E-state index < -0.39 is 6.04 Å². The molecule has 0 aliphatic carbocycles. The number of nitrogens with one attached hydrogen (secondary N) is 1. The Bertz CT molecular complexity index is 390. The first kappa shape index (κ1) is 13.8. The Balaban J connectivity index is 2.63. The van der Waals surface area contributed by atoms with Crippen molar-refractivity contribution in [3.8, 4) is 0 Å². The number of hydrogen-bond donors (Lipinski definition) is 2. The molecule has 0 spiro atoms. The Morgan fingerprint density at radius 1 is 1.41 bits per heavy atom. The maximum Gasteiger partial charge on any atom is 0.238 e. The lowest BCUT2D eigenvalue weighted by Gasteiger charge is -2.27. The van der Waals surface area contributed by atoms with Crippen LogP contribution in [0.5, 0.6) is 0 Å². The van der Waals surface area contributed by atoms with E-state index >= 15 is 0 Å². The molecular formula is C13H22N2O2. The van der Waals surface area contributed by atoms with E-state index in [0.717, 1.165) is 11.5 Å². The van der Waals surface area contributed by atoms with E-state index in [1.807, 2.05) is 46.8 Å². The minimum Gasteiger partial charge on any atom is -0.464 e. The van der Waals surface area contributed by atoms with Gasteiger partial charge in [-0.05, 0) is 31.4 Å². The van der Waals surface area contributed by atoms with E-state index in [-0.39, 0.29) is 17.4 Å². The fourth-order valence-electron chi connectivity index (χ4n) is 1.45. The molecule has 0 radical (unpaired) electrons. The van der Waals surface area contributed by atoms with Crippen molar-refractivity contribution in [2.45, 2.75) is 46.7 Å². The van der Waals surface area contributed by atoms with Gasteiger partial charge in [0, 0.05) is 0 Å². The molecule has 1 aromatic heterocycles. The van der Waals surface area contributed by atoms with Gasteiger partial charge in [-0.1, -0.05) is 20.8 Å². The molecule has 2 atom stereocenters. The van der Waals surface area contributed by atoms with Crippen LogP contribution in [0.3, 0.4) is 0 Å². The molecule has 0 fully saturated rings. The van der Waals surface area contributed by atoms with Crippen LogP contribution in [0.2, 0.25) is 0 Å². The summed E-state index contributed by atoms with van der Waals surface area (Å²) in [6.45, 7) is 9.58. The predicted octanol–water partition coefficient (Wildman–Crippen LogP) is 2.14. The number of hydrogen-bond acceptors (Lipinski definition) is 3. The highest BCUT2D eigenvalue weighted by atomic mass is 16.3. The van der Waals surface area contributed by atoms with Crippen molar-refractivity contribution in [2.24, 2.45) is 11.1 Å². The molecule has 96 valence electrons. The summed E-state index contributed by atoms with van der Waals surface area (Å²) in [5, 5.41) is 2.86. The van der Waals surface area contributed by atoms with E-state index in [0.29, 0.717) is 0 Å². The second-order valence-electron chi connectivity index (χ2n) is 5.52. The standard InChI is InChI=1S/C13H22N2O2/c1-8-6-7-10(17-8)9(2)15-12(16)11(14)13(3,4)5/h6-7,9,11H,14H2,1-5H3,(H,15,16)/t9?,11-/m1/s1. The topological polar surface area (TPSA) is 68.3 Å². The van der Waals surface area contributed by atoms with E-state index in [1.165, 1.54) is 0 Å². The van der Waals surface area contributed by atoms with Crippen LogP contribution in [0.4, 0.5) is 0 Å².